The number of piperazine rings is 1. The van der Waals surface area contributed by atoms with Crippen LogP contribution in [-0.2, 0) is 0 Å². The van der Waals surface area contributed by atoms with Crippen molar-refractivity contribution < 1.29 is 8.78 Å². The summed E-state index contributed by atoms with van der Waals surface area (Å²) in [6.45, 7) is 3.31. The van der Waals surface area contributed by atoms with Crippen molar-refractivity contribution >= 4 is 35.0 Å². The van der Waals surface area contributed by atoms with E-state index in [4.69, 9.17) is 28.9 Å². The average molecular weight is 374 g/mol. The largest absolute Gasteiger partial charge is 0.383 e. The summed E-state index contributed by atoms with van der Waals surface area (Å²) in [5, 5.41) is -0.958. The van der Waals surface area contributed by atoms with Crippen LogP contribution in [0.15, 0.2) is 12.3 Å². The molecule has 2 N–H and O–H groups in total. The number of hydrogen-bond donors (Lipinski definition) is 1. The number of halogens is 4. The van der Waals surface area contributed by atoms with Crippen molar-refractivity contribution in [2.45, 2.75) is 0 Å². The van der Waals surface area contributed by atoms with E-state index in [-0.39, 0.29) is 16.9 Å². The van der Waals surface area contributed by atoms with Gasteiger partial charge in [0.25, 0.3) is 0 Å². The van der Waals surface area contributed by atoms with Gasteiger partial charge in [-0.25, -0.2) is 13.8 Å². The molecule has 1 aliphatic rings. The molecule has 0 bridgehead atoms. The number of hydrogen-bond acceptors (Lipinski definition) is 5. The number of likely N-dealkylation sites (N-methyl/N-ethyl adjacent to an activating group) is 1. The van der Waals surface area contributed by atoms with Gasteiger partial charge in [-0.15, -0.1) is 0 Å². The van der Waals surface area contributed by atoms with E-state index in [1.54, 1.807) is 0 Å². The molecule has 0 atom stereocenters. The fourth-order valence-electron chi connectivity index (χ4n) is 2.52. The number of nitrogens with two attached hydrogens (primary N) is 1. The monoisotopic (exact) mass is 373 g/mol. The molecule has 0 spiro atoms. The van der Waals surface area contributed by atoms with E-state index in [2.05, 4.69) is 14.9 Å². The molecule has 5 nitrogen and oxygen atoms in total. The van der Waals surface area contributed by atoms with Gasteiger partial charge in [0.15, 0.2) is 5.82 Å². The minimum atomic E-state index is -0.856. The highest BCUT2D eigenvalue weighted by molar-refractivity contribution is 6.42. The lowest BCUT2D eigenvalue weighted by atomic mass is 10.1. The molecule has 0 saturated carbocycles. The molecular weight excluding hydrogens is 359 g/mol. The smallest absolute Gasteiger partial charge is 0.227 e. The first-order chi connectivity index (χ1) is 11.4. The molecule has 128 valence electrons. The Labute approximate surface area is 148 Å². The Morgan fingerprint density at radius 3 is 2.38 bits per heavy atom. The fraction of sp³-hybridized carbons (Fsp3) is 0.333. The Morgan fingerprint density at radius 2 is 1.75 bits per heavy atom. The Kier molecular flexibility index (Phi) is 4.76. The molecule has 0 amide bonds. The van der Waals surface area contributed by atoms with Gasteiger partial charge in [-0.3, -0.25) is 0 Å². The van der Waals surface area contributed by atoms with Crippen LogP contribution in [0.5, 0.6) is 0 Å². The number of rotatable bonds is 2. The van der Waals surface area contributed by atoms with Gasteiger partial charge in [0.2, 0.25) is 5.95 Å². The number of benzene rings is 1. The molecule has 1 aliphatic heterocycles. The third-order valence-corrected chi connectivity index (χ3v) is 4.81. The van der Waals surface area contributed by atoms with E-state index in [9.17, 15) is 8.78 Å². The van der Waals surface area contributed by atoms with Crippen molar-refractivity contribution in [3.05, 3.63) is 33.9 Å². The van der Waals surface area contributed by atoms with Crippen LogP contribution in [0.1, 0.15) is 0 Å². The van der Waals surface area contributed by atoms with Crippen molar-refractivity contribution in [3.8, 4) is 11.1 Å². The van der Waals surface area contributed by atoms with E-state index in [1.807, 2.05) is 11.9 Å². The predicted octanol–water partition coefficient (Wildman–Crippen LogP) is 3.06. The minimum Gasteiger partial charge on any atom is -0.383 e. The van der Waals surface area contributed by atoms with Crippen molar-refractivity contribution in [2.75, 3.05) is 43.9 Å². The lowest BCUT2D eigenvalue weighted by Crippen LogP contribution is -2.45. The number of anilines is 2. The van der Waals surface area contributed by atoms with Gasteiger partial charge in [0.05, 0.1) is 10.0 Å². The lowest BCUT2D eigenvalue weighted by Gasteiger charge is -2.32. The van der Waals surface area contributed by atoms with Gasteiger partial charge in [-0.05, 0) is 13.1 Å². The molecule has 0 aliphatic carbocycles. The Bertz CT molecular complexity index is 779. The van der Waals surface area contributed by atoms with E-state index in [1.165, 1.54) is 6.20 Å². The zero-order valence-electron chi connectivity index (χ0n) is 12.9. The number of nitrogens with zero attached hydrogens (tertiary/aromatic N) is 4. The van der Waals surface area contributed by atoms with Crippen LogP contribution in [0, 0.1) is 11.6 Å². The lowest BCUT2D eigenvalue weighted by molar-refractivity contribution is 0.311. The maximum Gasteiger partial charge on any atom is 0.227 e. The van der Waals surface area contributed by atoms with Crippen LogP contribution in [-0.4, -0.2) is 48.1 Å². The van der Waals surface area contributed by atoms with Gasteiger partial charge < -0.3 is 15.5 Å². The van der Waals surface area contributed by atoms with Gasteiger partial charge in [-0.1, -0.05) is 23.2 Å². The van der Waals surface area contributed by atoms with E-state index in [0.717, 1.165) is 32.2 Å². The first-order valence-corrected chi connectivity index (χ1v) is 8.03. The minimum absolute atomic E-state index is 0.0515. The molecule has 1 saturated heterocycles. The summed E-state index contributed by atoms with van der Waals surface area (Å²) >= 11 is 11.3. The van der Waals surface area contributed by atoms with Crippen LogP contribution < -0.4 is 10.6 Å². The van der Waals surface area contributed by atoms with Crippen molar-refractivity contribution in [1.29, 1.82) is 0 Å². The predicted molar refractivity (Wildman–Crippen MR) is 91.5 cm³/mol. The second-order valence-corrected chi connectivity index (χ2v) is 6.36. The molecule has 24 heavy (non-hydrogen) atoms. The second-order valence-electron chi connectivity index (χ2n) is 5.61. The molecule has 1 fully saturated rings. The van der Waals surface area contributed by atoms with Crippen molar-refractivity contribution in [3.63, 3.8) is 0 Å². The maximum absolute atomic E-state index is 14.3. The van der Waals surface area contributed by atoms with Crippen LogP contribution >= 0.6 is 23.2 Å². The molecule has 0 unspecified atom stereocenters. The number of aromatic nitrogens is 2. The molecule has 0 radical (unpaired) electrons. The normalized spacial score (nSPS) is 15.8. The summed E-state index contributed by atoms with van der Waals surface area (Å²) in [6.07, 6.45) is 1.37. The van der Waals surface area contributed by atoms with Crippen molar-refractivity contribution in [2.24, 2.45) is 0 Å². The van der Waals surface area contributed by atoms with E-state index < -0.39 is 21.7 Å². The Balaban J connectivity index is 1.97. The standard InChI is InChI=1S/C15H15Cl2F2N5/c1-23-2-4-24(5-3-23)15-21-7-9(14(20)22-15)8-6-10(18)11(16)12(17)13(8)19/h6-7H,2-5H2,1H3,(H2,20,21,22). The van der Waals surface area contributed by atoms with Gasteiger partial charge in [0.1, 0.15) is 11.6 Å². The first-order valence-electron chi connectivity index (χ1n) is 7.28. The average Bonchev–Trinajstić information content (AvgIpc) is 2.57. The molecule has 1 aromatic carbocycles. The summed E-state index contributed by atoms with van der Waals surface area (Å²) in [6, 6.07) is 0.939. The van der Waals surface area contributed by atoms with Crippen LogP contribution in [0.25, 0.3) is 11.1 Å². The second kappa shape index (κ2) is 6.66. The summed E-state index contributed by atoms with van der Waals surface area (Å²) in [5.74, 6) is -1.17. The number of nitrogen functional groups attached to an aromatic ring is 1. The third kappa shape index (κ3) is 3.11. The fourth-order valence-corrected chi connectivity index (χ4v) is 2.85. The van der Waals surface area contributed by atoms with E-state index in [0.29, 0.717) is 5.95 Å². The molecule has 2 aromatic rings. The molecule has 9 heteroatoms. The summed E-state index contributed by atoms with van der Waals surface area (Å²) in [7, 11) is 2.04. The zero-order valence-corrected chi connectivity index (χ0v) is 14.4. The SMILES string of the molecule is CN1CCN(c2ncc(-c3cc(F)c(Cl)c(Cl)c3F)c(N)n2)CC1. The molecule has 3 rings (SSSR count). The highest BCUT2D eigenvalue weighted by atomic mass is 35.5. The quantitative estimate of drug-likeness (QED) is 0.647. The highest BCUT2D eigenvalue weighted by Crippen LogP contribution is 2.36. The zero-order chi connectivity index (χ0) is 17.4. The van der Waals surface area contributed by atoms with Gasteiger partial charge >= 0.3 is 0 Å². The Morgan fingerprint density at radius 1 is 1.08 bits per heavy atom. The first kappa shape index (κ1) is 17.1. The molecular formula is C15H15Cl2F2N5. The van der Waals surface area contributed by atoms with Crippen LogP contribution in [0.3, 0.4) is 0 Å². The Hall–Kier alpha value is -1.70. The highest BCUT2D eigenvalue weighted by Gasteiger charge is 2.21. The molecule has 2 heterocycles. The van der Waals surface area contributed by atoms with Crippen LogP contribution in [0.4, 0.5) is 20.5 Å². The summed E-state index contributed by atoms with van der Waals surface area (Å²) in [4.78, 5) is 12.7. The summed E-state index contributed by atoms with van der Waals surface area (Å²) < 4.78 is 28.1. The van der Waals surface area contributed by atoms with Gasteiger partial charge in [-0.2, -0.15) is 4.98 Å². The maximum atomic E-state index is 14.3. The summed E-state index contributed by atoms with van der Waals surface area (Å²) in [5.41, 5.74) is 5.99. The molecule has 1 aromatic heterocycles. The third-order valence-electron chi connectivity index (χ3n) is 3.98. The van der Waals surface area contributed by atoms with Gasteiger partial charge in [0, 0.05) is 43.5 Å². The topological polar surface area (TPSA) is 58.3 Å². The van der Waals surface area contributed by atoms with Crippen LogP contribution in [0.2, 0.25) is 10.0 Å². The van der Waals surface area contributed by atoms with E-state index >= 15 is 0 Å². The van der Waals surface area contributed by atoms with Crippen molar-refractivity contribution in [1.82, 2.24) is 14.9 Å².